The molecule has 0 amide bonds. The predicted molar refractivity (Wildman–Crippen MR) is 128 cm³/mol. The molecule has 32 heavy (non-hydrogen) atoms. The minimum Gasteiger partial charge on any atom is -0.453 e. The van der Waals surface area contributed by atoms with Gasteiger partial charge in [0.05, 0.1) is 28.7 Å². The Kier molecular flexibility index (Phi) is 3.34. The van der Waals surface area contributed by atoms with Crippen molar-refractivity contribution in [2.24, 2.45) is 0 Å². The van der Waals surface area contributed by atoms with Crippen LogP contribution in [0.3, 0.4) is 0 Å². The molecule has 0 aromatic heterocycles. The fourth-order valence-electron chi connectivity index (χ4n) is 5.15. The van der Waals surface area contributed by atoms with Gasteiger partial charge in [0.1, 0.15) is 0 Å². The number of nitriles is 1. The molecule has 0 unspecified atom stereocenters. The van der Waals surface area contributed by atoms with Gasteiger partial charge < -0.3 is 9.64 Å². The molecular formula is C29H16N2O. The molecule has 0 saturated carbocycles. The Morgan fingerprint density at radius 1 is 0.594 bits per heavy atom. The molecule has 0 bridgehead atoms. The fourth-order valence-corrected chi connectivity index (χ4v) is 5.15. The molecule has 5 aromatic rings. The number of rotatable bonds is 1. The second kappa shape index (κ2) is 6.23. The molecule has 7 rings (SSSR count). The molecule has 1 heterocycles. The van der Waals surface area contributed by atoms with Crippen LogP contribution in [-0.4, -0.2) is 0 Å². The van der Waals surface area contributed by atoms with Crippen molar-refractivity contribution in [1.82, 2.24) is 0 Å². The molecule has 1 aliphatic heterocycles. The maximum Gasteiger partial charge on any atom is 0.151 e. The largest absolute Gasteiger partial charge is 0.453 e. The Hall–Kier alpha value is -4.55. The van der Waals surface area contributed by atoms with Crippen LogP contribution in [-0.2, 0) is 0 Å². The Morgan fingerprint density at radius 3 is 1.88 bits per heavy atom. The van der Waals surface area contributed by atoms with Gasteiger partial charge in [-0.25, -0.2) is 0 Å². The summed E-state index contributed by atoms with van der Waals surface area (Å²) in [5, 5.41) is 12.4. The van der Waals surface area contributed by atoms with E-state index >= 15 is 0 Å². The SMILES string of the molecule is N#Cc1ccc(N2c3ccccc3Oc3ccccc32)c2c1-c1cccc3cccc-2c13. The van der Waals surface area contributed by atoms with Crippen LogP contribution in [0.25, 0.3) is 33.0 Å². The smallest absolute Gasteiger partial charge is 0.151 e. The average molecular weight is 408 g/mol. The Morgan fingerprint density at radius 2 is 1.22 bits per heavy atom. The van der Waals surface area contributed by atoms with Crippen molar-refractivity contribution >= 4 is 27.8 Å². The molecule has 0 N–H and O–H groups in total. The molecule has 1 aliphatic carbocycles. The molecule has 5 aromatic carbocycles. The molecule has 0 spiro atoms. The van der Waals surface area contributed by atoms with Crippen molar-refractivity contribution in [3.63, 3.8) is 0 Å². The van der Waals surface area contributed by atoms with Gasteiger partial charge >= 0.3 is 0 Å². The summed E-state index contributed by atoms with van der Waals surface area (Å²) in [5.74, 6) is 1.64. The lowest BCUT2D eigenvalue weighted by atomic mass is 9.95. The van der Waals surface area contributed by atoms with Crippen LogP contribution >= 0.6 is 0 Å². The van der Waals surface area contributed by atoms with Gasteiger partial charge in [0.15, 0.2) is 11.5 Å². The lowest BCUT2D eigenvalue weighted by molar-refractivity contribution is 0.477. The van der Waals surface area contributed by atoms with Crippen LogP contribution in [0.5, 0.6) is 11.5 Å². The third-order valence-corrected chi connectivity index (χ3v) is 6.42. The van der Waals surface area contributed by atoms with Gasteiger partial charge in [-0.1, -0.05) is 60.7 Å². The first-order chi connectivity index (χ1) is 15.8. The highest BCUT2D eigenvalue weighted by Crippen LogP contribution is 2.57. The van der Waals surface area contributed by atoms with Crippen molar-refractivity contribution in [2.75, 3.05) is 4.90 Å². The van der Waals surface area contributed by atoms with E-state index in [1.54, 1.807) is 0 Å². The summed E-state index contributed by atoms with van der Waals surface area (Å²) in [6, 6.07) is 35.4. The number of anilines is 3. The molecule has 0 saturated heterocycles. The van der Waals surface area contributed by atoms with Crippen LogP contribution < -0.4 is 9.64 Å². The number of hydrogen-bond acceptors (Lipinski definition) is 3. The van der Waals surface area contributed by atoms with E-state index in [0.29, 0.717) is 5.56 Å². The molecule has 2 aliphatic rings. The molecule has 3 nitrogen and oxygen atoms in total. The zero-order valence-electron chi connectivity index (χ0n) is 17.0. The summed E-state index contributed by atoms with van der Waals surface area (Å²) in [6.45, 7) is 0. The third kappa shape index (κ3) is 2.13. The second-order valence-electron chi connectivity index (χ2n) is 8.08. The molecule has 3 heteroatoms. The quantitative estimate of drug-likeness (QED) is 0.277. The first-order valence-electron chi connectivity index (χ1n) is 10.6. The lowest BCUT2D eigenvalue weighted by Crippen LogP contribution is -2.16. The minimum absolute atomic E-state index is 0.697. The highest BCUT2D eigenvalue weighted by molar-refractivity contribution is 6.19. The second-order valence-corrected chi connectivity index (χ2v) is 8.08. The monoisotopic (exact) mass is 408 g/mol. The number of ether oxygens (including phenoxy) is 1. The van der Waals surface area contributed by atoms with Crippen molar-refractivity contribution in [3.05, 3.63) is 103 Å². The topological polar surface area (TPSA) is 36.3 Å². The van der Waals surface area contributed by atoms with E-state index < -0.39 is 0 Å². The van der Waals surface area contributed by atoms with E-state index in [4.69, 9.17) is 4.74 Å². The number of para-hydroxylation sites is 4. The van der Waals surface area contributed by atoms with Crippen molar-refractivity contribution in [3.8, 4) is 39.8 Å². The van der Waals surface area contributed by atoms with E-state index in [1.807, 2.05) is 42.5 Å². The van der Waals surface area contributed by atoms with Gasteiger partial charge in [0.25, 0.3) is 0 Å². The first-order valence-corrected chi connectivity index (χ1v) is 10.6. The van der Waals surface area contributed by atoms with Gasteiger partial charge in [-0.2, -0.15) is 5.26 Å². The Bertz CT molecular complexity index is 1580. The van der Waals surface area contributed by atoms with Crippen molar-refractivity contribution in [2.45, 2.75) is 0 Å². The Balaban J connectivity index is 1.61. The normalized spacial score (nSPS) is 12.5. The van der Waals surface area contributed by atoms with Crippen molar-refractivity contribution < 1.29 is 4.74 Å². The van der Waals surface area contributed by atoms with Crippen LogP contribution in [0.15, 0.2) is 97.1 Å². The molecule has 0 atom stereocenters. The first kappa shape index (κ1) is 17.2. The van der Waals surface area contributed by atoms with Gasteiger partial charge in [0.2, 0.25) is 0 Å². The van der Waals surface area contributed by atoms with E-state index in [2.05, 4.69) is 65.6 Å². The number of fused-ring (bicyclic) bond motifs is 5. The summed E-state index contributed by atoms with van der Waals surface area (Å²) >= 11 is 0. The zero-order chi connectivity index (χ0) is 21.2. The van der Waals surface area contributed by atoms with Gasteiger partial charge in [0, 0.05) is 11.1 Å². The standard InChI is InChI=1S/C29H16N2O/c30-17-19-15-16-24(29-21-10-6-8-18-7-5-9-20(27(18)21)28(19)29)31-22-11-1-3-13-25(22)32-26-14-4-2-12-23(26)31/h1-16H. The predicted octanol–water partition coefficient (Wildman–Crippen LogP) is 7.93. The summed E-state index contributed by atoms with van der Waals surface area (Å²) in [4.78, 5) is 2.26. The minimum atomic E-state index is 0.697. The number of benzene rings is 5. The maximum atomic E-state index is 9.97. The average Bonchev–Trinajstić information content (AvgIpc) is 3.19. The van der Waals surface area contributed by atoms with Gasteiger partial charge in [-0.05, 0) is 58.3 Å². The Labute approximate surface area is 185 Å². The van der Waals surface area contributed by atoms with Crippen LogP contribution in [0.4, 0.5) is 17.1 Å². The van der Waals surface area contributed by atoms with Crippen LogP contribution in [0, 0.1) is 11.3 Å². The van der Waals surface area contributed by atoms with Crippen molar-refractivity contribution in [1.29, 1.82) is 5.26 Å². The summed E-state index contributed by atoms with van der Waals surface area (Å²) < 4.78 is 6.22. The summed E-state index contributed by atoms with van der Waals surface area (Å²) in [7, 11) is 0. The molecule has 0 radical (unpaired) electrons. The highest BCUT2D eigenvalue weighted by atomic mass is 16.5. The van der Waals surface area contributed by atoms with E-state index in [-0.39, 0.29) is 0 Å². The molecule has 0 fully saturated rings. The molecular weight excluding hydrogens is 392 g/mol. The van der Waals surface area contributed by atoms with Crippen LogP contribution in [0.2, 0.25) is 0 Å². The fraction of sp³-hybridized carbons (Fsp3) is 0. The summed E-state index contributed by atoms with van der Waals surface area (Å²) in [6.07, 6.45) is 0. The van der Waals surface area contributed by atoms with E-state index in [0.717, 1.165) is 45.3 Å². The number of hydrogen-bond donors (Lipinski definition) is 0. The van der Waals surface area contributed by atoms with Gasteiger partial charge in [-0.3, -0.25) is 0 Å². The third-order valence-electron chi connectivity index (χ3n) is 6.42. The molecule has 148 valence electrons. The van der Waals surface area contributed by atoms with Crippen LogP contribution in [0.1, 0.15) is 5.56 Å². The number of nitrogens with zero attached hydrogens (tertiary/aromatic N) is 2. The van der Waals surface area contributed by atoms with Gasteiger partial charge in [-0.15, -0.1) is 0 Å². The zero-order valence-corrected chi connectivity index (χ0v) is 17.0. The van der Waals surface area contributed by atoms with E-state index in [9.17, 15) is 5.26 Å². The van der Waals surface area contributed by atoms with E-state index in [1.165, 1.54) is 16.3 Å². The summed E-state index contributed by atoms with van der Waals surface area (Å²) in [5.41, 5.74) is 8.12. The highest BCUT2D eigenvalue weighted by Gasteiger charge is 2.32. The maximum absolute atomic E-state index is 9.97. The lowest BCUT2D eigenvalue weighted by Gasteiger charge is -2.34.